The number of rotatable bonds is 4. The van der Waals surface area contributed by atoms with Crippen molar-refractivity contribution in [3.63, 3.8) is 0 Å². The number of likely N-dealkylation sites (tertiary alicyclic amines) is 1. The normalized spacial score (nSPS) is 18.5. The van der Waals surface area contributed by atoms with Crippen molar-refractivity contribution < 1.29 is 15.1 Å². The van der Waals surface area contributed by atoms with Crippen molar-refractivity contribution in [2.24, 2.45) is 16.3 Å². The van der Waals surface area contributed by atoms with Crippen LogP contribution in [-0.4, -0.2) is 40.2 Å². The molecule has 114 valence electrons. The Labute approximate surface area is 123 Å². The molecule has 4 N–H and O–H groups in total. The molecule has 0 aromatic heterocycles. The second-order valence-corrected chi connectivity index (χ2v) is 5.52. The number of amidine groups is 1. The second-order valence-electron chi connectivity index (χ2n) is 5.52. The van der Waals surface area contributed by atoms with Crippen LogP contribution in [0.25, 0.3) is 0 Å². The van der Waals surface area contributed by atoms with Crippen LogP contribution >= 0.6 is 0 Å². The molecule has 1 saturated heterocycles. The maximum atomic E-state index is 11.0. The summed E-state index contributed by atoms with van der Waals surface area (Å²) in [6.45, 7) is 0.834. The van der Waals surface area contributed by atoms with Crippen molar-refractivity contribution in [3.8, 4) is 0 Å². The third kappa shape index (κ3) is 3.45. The first-order valence-electron chi connectivity index (χ1n) is 7.07. The van der Waals surface area contributed by atoms with Gasteiger partial charge in [0.15, 0.2) is 0 Å². The largest absolute Gasteiger partial charge is 0.465 e. The summed E-state index contributed by atoms with van der Waals surface area (Å²) in [4.78, 5) is 12.4. The van der Waals surface area contributed by atoms with Gasteiger partial charge in [0, 0.05) is 18.5 Å². The standard InChI is InChI=1S/C15H21N3O3/c16-13(17-21)15(7-6-12-4-2-1-3-5-12)8-10-18(11-9-15)14(19)20/h1-5,21H,6-11H2,(H2,16,17)(H,19,20). The van der Waals surface area contributed by atoms with E-state index in [9.17, 15) is 4.79 Å². The maximum absolute atomic E-state index is 11.0. The molecule has 6 nitrogen and oxygen atoms in total. The molecular formula is C15H21N3O3. The summed E-state index contributed by atoms with van der Waals surface area (Å²) in [7, 11) is 0. The summed E-state index contributed by atoms with van der Waals surface area (Å²) in [6, 6.07) is 10.0. The van der Waals surface area contributed by atoms with Gasteiger partial charge in [0.1, 0.15) is 5.84 Å². The number of hydrogen-bond donors (Lipinski definition) is 3. The Hall–Kier alpha value is -2.24. The highest BCUT2D eigenvalue weighted by Crippen LogP contribution is 2.36. The van der Waals surface area contributed by atoms with E-state index in [0.717, 1.165) is 12.8 Å². The fourth-order valence-electron chi connectivity index (χ4n) is 2.89. The quantitative estimate of drug-likeness (QED) is 0.342. The highest BCUT2D eigenvalue weighted by Gasteiger charge is 2.39. The zero-order chi connectivity index (χ0) is 15.3. The van der Waals surface area contributed by atoms with Gasteiger partial charge in [-0.05, 0) is 31.2 Å². The highest BCUT2D eigenvalue weighted by molar-refractivity contribution is 5.86. The molecule has 1 heterocycles. The summed E-state index contributed by atoms with van der Waals surface area (Å²) in [6.07, 6.45) is 1.83. The van der Waals surface area contributed by atoms with Gasteiger partial charge >= 0.3 is 6.09 Å². The van der Waals surface area contributed by atoms with E-state index < -0.39 is 11.5 Å². The Morgan fingerprint density at radius 2 is 1.90 bits per heavy atom. The lowest BCUT2D eigenvalue weighted by molar-refractivity contribution is 0.109. The number of amides is 1. The molecule has 0 bridgehead atoms. The fourth-order valence-corrected chi connectivity index (χ4v) is 2.89. The van der Waals surface area contributed by atoms with Crippen molar-refractivity contribution in [3.05, 3.63) is 35.9 Å². The van der Waals surface area contributed by atoms with Gasteiger partial charge in [0.25, 0.3) is 0 Å². The molecule has 21 heavy (non-hydrogen) atoms. The van der Waals surface area contributed by atoms with Crippen molar-refractivity contribution in [1.82, 2.24) is 4.90 Å². The molecule has 1 aromatic rings. The van der Waals surface area contributed by atoms with Crippen LogP contribution in [0.5, 0.6) is 0 Å². The first-order valence-corrected chi connectivity index (χ1v) is 7.07. The first kappa shape index (κ1) is 15.2. The lowest BCUT2D eigenvalue weighted by Crippen LogP contribution is -2.48. The van der Waals surface area contributed by atoms with E-state index in [1.54, 1.807) is 0 Å². The van der Waals surface area contributed by atoms with Gasteiger partial charge in [-0.25, -0.2) is 4.79 Å². The number of oxime groups is 1. The minimum absolute atomic E-state index is 0.212. The Morgan fingerprint density at radius 1 is 1.29 bits per heavy atom. The Kier molecular flexibility index (Phi) is 4.67. The monoisotopic (exact) mass is 291 g/mol. The predicted molar refractivity (Wildman–Crippen MR) is 79.4 cm³/mol. The summed E-state index contributed by atoms with van der Waals surface area (Å²) >= 11 is 0. The fraction of sp³-hybridized carbons (Fsp3) is 0.467. The zero-order valence-electron chi connectivity index (χ0n) is 11.9. The third-order valence-corrected chi connectivity index (χ3v) is 4.38. The summed E-state index contributed by atoms with van der Waals surface area (Å²) in [5.74, 6) is 0.212. The number of hydrogen-bond acceptors (Lipinski definition) is 3. The van der Waals surface area contributed by atoms with E-state index in [2.05, 4.69) is 5.16 Å². The lowest BCUT2D eigenvalue weighted by Gasteiger charge is -2.40. The van der Waals surface area contributed by atoms with Gasteiger partial charge in [-0.3, -0.25) is 0 Å². The van der Waals surface area contributed by atoms with Crippen molar-refractivity contribution >= 4 is 11.9 Å². The van der Waals surface area contributed by atoms with Crippen molar-refractivity contribution in [2.75, 3.05) is 13.1 Å². The molecule has 0 radical (unpaired) electrons. The zero-order valence-corrected chi connectivity index (χ0v) is 11.9. The number of nitrogens with two attached hydrogens (primary N) is 1. The van der Waals surface area contributed by atoms with Crippen LogP contribution in [0.1, 0.15) is 24.8 Å². The van der Waals surface area contributed by atoms with E-state index in [4.69, 9.17) is 16.0 Å². The third-order valence-electron chi connectivity index (χ3n) is 4.38. The molecule has 0 saturated carbocycles. The first-order chi connectivity index (χ1) is 10.1. The molecular weight excluding hydrogens is 270 g/mol. The molecule has 1 fully saturated rings. The lowest BCUT2D eigenvalue weighted by atomic mass is 9.73. The van der Waals surface area contributed by atoms with Crippen LogP contribution in [0, 0.1) is 5.41 Å². The summed E-state index contributed by atoms with van der Waals surface area (Å²) in [5, 5.41) is 21.3. The molecule has 6 heteroatoms. The number of carboxylic acid groups (broad SMARTS) is 1. The Bertz CT molecular complexity index is 508. The van der Waals surface area contributed by atoms with E-state index >= 15 is 0 Å². The van der Waals surface area contributed by atoms with E-state index in [0.29, 0.717) is 25.9 Å². The van der Waals surface area contributed by atoms with Gasteiger partial charge in [-0.1, -0.05) is 35.5 Å². The van der Waals surface area contributed by atoms with Gasteiger partial charge < -0.3 is 20.9 Å². The molecule has 0 spiro atoms. The Balaban J connectivity index is 2.07. The predicted octanol–water partition coefficient (Wildman–Crippen LogP) is 2.13. The van der Waals surface area contributed by atoms with Crippen LogP contribution in [0.3, 0.4) is 0 Å². The molecule has 0 aliphatic carbocycles. The molecule has 1 aromatic carbocycles. The average molecular weight is 291 g/mol. The molecule has 1 aliphatic rings. The number of aryl methyl sites for hydroxylation is 1. The minimum Gasteiger partial charge on any atom is -0.465 e. The van der Waals surface area contributed by atoms with Crippen LogP contribution in [0.4, 0.5) is 4.79 Å². The molecule has 1 aliphatic heterocycles. The van der Waals surface area contributed by atoms with Gasteiger partial charge in [0.05, 0.1) is 0 Å². The van der Waals surface area contributed by atoms with Crippen LogP contribution in [0.15, 0.2) is 35.5 Å². The number of nitrogens with zero attached hydrogens (tertiary/aromatic N) is 2. The van der Waals surface area contributed by atoms with Crippen molar-refractivity contribution in [2.45, 2.75) is 25.7 Å². The van der Waals surface area contributed by atoms with E-state index in [-0.39, 0.29) is 5.84 Å². The SMILES string of the molecule is NC(=NO)C1(CCc2ccccc2)CCN(C(=O)O)CC1. The molecule has 1 amide bonds. The Morgan fingerprint density at radius 3 is 2.43 bits per heavy atom. The van der Waals surface area contributed by atoms with Crippen LogP contribution in [-0.2, 0) is 6.42 Å². The smallest absolute Gasteiger partial charge is 0.407 e. The summed E-state index contributed by atoms with van der Waals surface area (Å²) < 4.78 is 0. The summed E-state index contributed by atoms with van der Waals surface area (Å²) in [5.41, 5.74) is 6.68. The van der Waals surface area contributed by atoms with Gasteiger partial charge in [-0.15, -0.1) is 0 Å². The van der Waals surface area contributed by atoms with Gasteiger partial charge in [0.2, 0.25) is 0 Å². The topological polar surface area (TPSA) is 99.2 Å². The molecule has 0 atom stereocenters. The van der Waals surface area contributed by atoms with E-state index in [1.807, 2.05) is 30.3 Å². The number of benzene rings is 1. The van der Waals surface area contributed by atoms with Crippen LogP contribution < -0.4 is 5.73 Å². The molecule has 2 rings (SSSR count). The van der Waals surface area contributed by atoms with E-state index in [1.165, 1.54) is 10.5 Å². The second kappa shape index (κ2) is 6.47. The maximum Gasteiger partial charge on any atom is 0.407 e. The van der Waals surface area contributed by atoms with Crippen LogP contribution in [0.2, 0.25) is 0 Å². The van der Waals surface area contributed by atoms with Gasteiger partial charge in [-0.2, -0.15) is 0 Å². The average Bonchev–Trinajstić information content (AvgIpc) is 2.53. The minimum atomic E-state index is -0.911. The highest BCUT2D eigenvalue weighted by atomic mass is 16.4. The molecule has 0 unspecified atom stereocenters. The van der Waals surface area contributed by atoms with Crippen molar-refractivity contribution in [1.29, 1.82) is 0 Å². The number of piperidine rings is 1. The number of carbonyl (C=O) groups is 1.